The SMILES string of the molecule is CN=C(NCC(c1ccc(C)cc1)N1CCOCC1)Nc1ccc2c(c1)OCCCO2.I. The van der Waals surface area contributed by atoms with Crippen molar-refractivity contribution in [1.82, 2.24) is 10.2 Å². The van der Waals surface area contributed by atoms with Crippen molar-refractivity contribution in [2.45, 2.75) is 19.4 Å². The average molecular weight is 552 g/mol. The zero-order chi connectivity index (χ0) is 21.5. The highest BCUT2D eigenvalue weighted by Crippen LogP contribution is 2.32. The van der Waals surface area contributed by atoms with Gasteiger partial charge in [-0.3, -0.25) is 9.89 Å². The van der Waals surface area contributed by atoms with Crippen LogP contribution < -0.4 is 20.1 Å². The van der Waals surface area contributed by atoms with Crippen LogP contribution in [0.1, 0.15) is 23.6 Å². The van der Waals surface area contributed by atoms with E-state index in [1.807, 2.05) is 18.2 Å². The smallest absolute Gasteiger partial charge is 0.195 e. The van der Waals surface area contributed by atoms with Crippen LogP contribution in [0.4, 0.5) is 5.69 Å². The Labute approximate surface area is 207 Å². The molecule has 1 saturated heterocycles. The Kier molecular flexibility index (Phi) is 9.43. The summed E-state index contributed by atoms with van der Waals surface area (Å²) in [7, 11) is 1.79. The van der Waals surface area contributed by atoms with Gasteiger partial charge in [-0.05, 0) is 24.6 Å². The molecule has 1 fully saturated rings. The van der Waals surface area contributed by atoms with Crippen molar-refractivity contribution in [3.05, 3.63) is 53.6 Å². The van der Waals surface area contributed by atoms with Crippen molar-refractivity contribution >= 4 is 35.6 Å². The molecule has 7 nitrogen and oxygen atoms in total. The third-order valence-electron chi connectivity index (χ3n) is 5.65. The van der Waals surface area contributed by atoms with Crippen LogP contribution >= 0.6 is 24.0 Å². The molecule has 8 heteroatoms. The van der Waals surface area contributed by atoms with Gasteiger partial charge in [-0.25, -0.2) is 0 Å². The highest BCUT2D eigenvalue weighted by molar-refractivity contribution is 14.0. The number of halogens is 1. The van der Waals surface area contributed by atoms with Crippen LogP contribution in [0.25, 0.3) is 0 Å². The van der Waals surface area contributed by atoms with E-state index in [9.17, 15) is 0 Å². The number of benzene rings is 2. The molecule has 4 rings (SSSR count). The first kappa shape index (κ1) is 24.6. The number of anilines is 1. The van der Waals surface area contributed by atoms with E-state index in [1.54, 1.807) is 7.05 Å². The molecule has 0 radical (unpaired) electrons. The lowest BCUT2D eigenvalue weighted by molar-refractivity contribution is 0.0170. The van der Waals surface area contributed by atoms with E-state index in [2.05, 4.69) is 51.7 Å². The molecular formula is C24H33IN4O3. The van der Waals surface area contributed by atoms with E-state index in [0.29, 0.717) is 13.2 Å². The summed E-state index contributed by atoms with van der Waals surface area (Å²) in [6.45, 7) is 7.61. The number of hydrogen-bond donors (Lipinski definition) is 2. The number of nitrogens with one attached hydrogen (secondary N) is 2. The van der Waals surface area contributed by atoms with Crippen molar-refractivity contribution in [1.29, 1.82) is 0 Å². The van der Waals surface area contributed by atoms with Gasteiger partial charge < -0.3 is 24.8 Å². The van der Waals surface area contributed by atoms with Crippen LogP contribution in [-0.4, -0.2) is 64.0 Å². The fraction of sp³-hybridized carbons (Fsp3) is 0.458. The summed E-state index contributed by atoms with van der Waals surface area (Å²) in [6, 6.07) is 14.9. The van der Waals surface area contributed by atoms with Gasteiger partial charge in [0.2, 0.25) is 0 Å². The summed E-state index contributed by atoms with van der Waals surface area (Å²) in [5.41, 5.74) is 3.48. The van der Waals surface area contributed by atoms with E-state index in [1.165, 1.54) is 11.1 Å². The molecule has 2 aromatic rings. The van der Waals surface area contributed by atoms with Gasteiger partial charge in [-0.1, -0.05) is 29.8 Å². The Morgan fingerprint density at radius 2 is 1.72 bits per heavy atom. The second-order valence-electron chi connectivity index (χ2n) is 7.86. The molecule has 0 aliphatic carbocycles. The predicted octanol–water partition coefficient (Wildman–Crippen LogP) is 3.84. The van der Waals surface area contributed by atoms with E-state index in [-0.39, 0.29) is 30.0 Å². The average Bonchev–Trinajstić information content (AvgIpc) is 3.05. The van der Waals surface area contributed by atoms with Crippen LogP contribution in [-0.2, 0) is 4.74 Å². The third-order valence-corrected chi connectivity index (χ3v) is 5.65. The molecular weight excluding hydrogens is 519 g/mol. The molecule has 2 aliphatic heterocycles. The van der Waals surface area contributed by atoms with Crippen molar-refractivity contribution in [2.75, 3.05) is 58.4 Å². The van der Waals surface area contributed by atoms with Gasteiger partial charge in [-0.15, -0.1) is 24.0 Å². The molecule has 2 aromatic carbocycles. The maximum atomic E-state index is 5.81. The fourth-order valence-electron chi connectivity index (χ4n) is 3.89. The number of ether oxygens (including phenoxy) is 3. The summed E-state index contributed by atoms with van der Waals surface area (Å²) in [4.78, 5) is 6.89. The zero-order valence-electron chi connectivity index (χ0n) is 18.8. The number of aryl methyl sites for hydroxylation is 1. The van der Waals surface area contributed by atoms with E-state index in [4.69, 9.17) is 14.2 Å². The third kappa shape index (κ3) is 6.49. The van der Waals surface area contributed by atoms with E-state index >= 15 is 0 Å². The minimum atomic E-state index is 0. The molecule has 0 aromatic heterocycles. The molecule has 2 N–H and O–H groups in total. The number of fused-ring (bicyclic) bond motifs is 1. The fourth-order valence-corrected chi connectivity index (χ4v) is 3.89. The van der Waals surface area contributed by atoms with Gasteiger partial charge in [0.05, 0.1) is 32.5 Å². The Morgan fingerprint density at radius 1 is 1.00 bits per heavy atom. The number of rotatable bonds is 5. The Balaban J connectivity index is 0.00000289. The molecule has 0 saturated carbocycles. The standard InChI is InChI=1S/C24H32N4O3.HI/c1-18-4-6-19(7-5-18)21(28-10-14-29-15-11-28)17-26-24(25-2)27-20-8-9-22-23(16-20)31-13-3-12-30-22;/h4-9,16,21H,3,10-15,17H2,1-2H3,(H2,25,26,27);1H. The molecule has 174 valence electrons. The predicted molar refractivity (Wildman–Crippen MR) is 139 cm³/mol. The van der Waals surface area contributed by atoms with Gasteiger partial charge >= 0.3 is 0 Å². The summed E-state index contributed by atoms with van der Waals surface area (Å²) in [5, 5.41) is 6.88. The number of morpholine rings is 1. The molecule has 0 bridgehead atoms. The summed E-state index contributed by atoms with van der Waals surface area (Å²) in [6.07, 6.45) is 0.891. The number of nitrogens with zero attached hydrogens (tertiary/aromatic N) is 2. The number of hydrogen-bond acceptors (Lipinski definition) is 5. The normalized spacial score (nSPS) is 17.6. The Morgan fingerprint density at radius 3 is 2.44 bits per heavy atom. The zero-order valence-corrected chi connectivity index (χ0v) is 21.1. The van der Waals surface area contributed by atoms with Crippen molar-refractivity contribution in [3.63, 3.8) is 0 Å². The summed E-state index contributed by atoms with van der Waals surface area (Å²) >= 11 is 0. The molecule has 2 aliphatic rings. The highest BCUT2D eigenvalue weighted by Gasteiger charge is 2.23. The molecule has 1 atom stereocenters. The lowest BCUT2D eigenvalue weighted by Gasteiger charge is -2.35. The second-order valence-corrected chi connectivity index (χ2v) is 7.86. The Bertz CT molecular complexity index is 885. The van der Waals surface area contributed by atoms with Gasteiger partial charge in [0.15, 0.2) is 17.5 Å². The van der Waals surface area contributed by atoms with Gasteiger partial charge in [-0.2, -0.15) is 0 Å². The monoisotopic (exact) mass is 552 g/mol. The van der Waals surface area contributed by atoms with Crippen molar-refractivity contribution in [2.24, 2.45) is 4.99 Å². The Hall–Kier alpha value is -2.04. The van der Waals surface area contributed by atoms with E-state index < -0.39 is 0 Å². The first-order valence-electron chi connectivity index (χ1n) is 11.0. The van der Waals surface area contributed by atoms with Crippen molar-refractivity contribution < 1.29 is 14.2 Å². The largest absolute Gasteiger partial charge is 0.490 e. The topological polar surface area (TPSA) is 67.4 Å². The van der Waals surface area contributed by atoms with E-state index in [0.717, 1.165) is 62.4 Å². The second kappa shape index (κ2) is 12.3. The first-order valence-corrected chi connectivity index (χ1v) is 11.0. The van der Waals surface area contributed by atoms with Crippen LogP contribution in [0.2, 0.25) is 0 Å². The maximum Gasteiger partial charge on any atom is 0.195 e. The first-order chi connectivity index (χ1) is 15.2. The molecule has 1 unspecified atom stereocenters. The van der Waals surface area contributed by atoms with Gasteiger partial charge in [0, 0.05) is 44.9 Å². The summed E-state index contributed by atoms with van der Waals surface area (Å²) in [5.74, 6) is 2.28. The van der Waals surface area contributed by atoms with Crippen LogP contribution in [0.15, 0.2) is 47.5 Å². The van der Waals surface area contributed by atoms with Crippen LogP contribution in [0, 0.1) is 6.92 Å². The lowest BCUT2D eigenvalue weighted by atomic mass is 10.0. The highest BCUT2D eigenvalue weighted by atomic mass is 127. The summed E-state index contributed by atoms with van der Waals surface area (Å²) < 4.78 is 17.1. The lowest BCUT2D eigenvalue weighted by Crippen LogP contribution is -2.44. The van der Waals surface area contributed by atoms with Gasteiger partial charge in [0.25, 0.3) is 0 Å². The molecule has 0 spiro atoms. The molecule has 0 amide bonds. The quantitative estimate of drug-likeness (QED) is 0.334. The number of guanidine groups is 1. The molecule has 2 heterocycles. The number of aliphatic imine (C=N–C) groups is 1. The van der Waals surface area contributed by atoms with Crippen molar-refractivity contribution in [3.8, 4) is 11.5 Å². The minimum Gasteiger partial charge on any atom is -0.490 e. The molecule has 32 heavy (non-hydrogen) atoms. The minimum absolute atomic E-state index is 0. The maximum absolute atomic E-state index is 5.81. The van der Waals surface area contributed by atoms with Crippen LogP contribution in [0.3, 0.4) is 0 Å². The van der Waals surface area contributed by atoms with Gasteiger partial charge in [0.1, 0.15) is 0 Å². The van der Waals surface area contributed by atoms with Crippen LogP contribution in [0.5, 0.6) is 11.5 Å².